The molecule has 0 atom stereocenters. The molecule has 0 aliphatic rings. The van der Waals surface area contributed by atoms with E-state index in [1.807, 2.05) is 48.7 Å². The zero-order valence-electron chi connectivity index (χ0n) is 16.2. The Kier molecular flexibility index (Phi) is 4.67. The molecule has 0 bridgehead atoms. The Morgan fingerprint density at radius 3 is 2.52 bits per heavy atom. The van der Waals surface area contributed by atoms with E-state index in [9.17, 15) is 9.18 Å². The highest BCUT2D eigenvalue weighted by Crippen LogP contribution is 2.24. The summed E-state index contributed by atoms with van der Waals surface area (Å²) in [5.74, 6) is 0.0856. The third-order valence-electron chi connectivity index (χ3n) is 4.76. The molecule has 0 radical (unpaired) electrons. The summed E-state index contributed by atoms with van der Waals surface area (Å²) >= 11 is 0. The first-order valence-electron chi connectivity index (χ1n) is 9.03. The Hall–Kier alpha value is -3.81. The molecule has 0 saturated heterocycles. The molecule has 7 nitrogen and oxygen atoms in total. The predicted octanol–water partition coefficient (Wildman–Crippen LogP) is 3.68. The van der Waals surface area contributed by atoms with Crippen molar-refractivity contribution in [1.29, 1.82) is 0 Å². The number of hydrogen-bond donors (Lipinski definition) is 1. The molecule has 29 heavy (non-hydrogen) atoms. The number of carbonyl (C=O) groups is 1. The lowest BCUT2D eigenvalue weighted by Gasteiger charge is -2.10. The summed E-state index contributed by atoms with van der Waals surface area (Å²) in [6, 6.07) is 15.4. The van der Waals surface area contributed by atoms with Gasteiger partial charge >= 0.3 is 0 Å². The molecule has 2 heterocycles. The summed E-state index contributed by atoms with van der Waals surface area (Å²) < 4.78 is 16.7. The number of hydrogen-bond acceptors (Lipinski definition) is 4. The van der Waals surface area contributed by atoms with Crippen molar-refractivity contribution in [2.75, 3.05) is 5.32 Å². The number of nitrogens with zero attached hydrogens (tertiary/aromatic N) is 5. The second kappa shape index (κ2) is 7.31. The third-order valence-corrected chi connectivity index (χ3v) is 4.76. The van der Waals surface area contributed by atoms with E-state index in [0.29, 0.717) is 17.1 Å². The number of aromatic nitrogens is 5. The SMILES string of the molecule is Cc1cc(C(=O)Nc2cccc(-c3nnnn3C)c2)c(C)n1-c1ccc(F)cc1. The standard InChI is InChI=1S/C21H19FN6O/c1-13-11-19(14(2)28(13)18-9-7-16(22)8-10-18)21(29)23-17-6-4-5-15(12-17)20-24-25-26-27(20)3/h4-12H,1-3H3,(H,23,29). The second-order valence-electron chi connectivity index (χ2n) is 6.76. The number of aryl methyl sites for hydroxylation is 2. The van der Waals surface area contributed by atoms with Crippen LogP contribution >= 0.6 is 0 Å². The molecule has 0 aliphatic carbocycles. The zero-order valence-corrected chi connectivity index (χ0v) is 16.2. The number of rotatable bonds is 4. The summed E-state index contributed by atoms with van der Waals surface area (Å²) in [7, 11) is 1.75. The van der Waals surface area contributed by atoms with Gasteiger partial charge in [-0.1, -0.05) is 12.1 Å². The largest absolute Gasteiger partial charge is 0.322 e. The monoisotopic (exact) mass is 390 g/mol. The van der Waals surface area contributed by atoms with Gasteiger partial charge in [0, 0.05) is 35.4 Å². The third kappa shape index (κ3) is 3.52. The van der Waals surface area contributed by atoms with Crippen LogP contribution in [0.1, 0.15) is 21.7 Å². The summed E-state index contributed by atoms with van der Waals surface area (Å²) in [5.41, 5.74) is 4.46. The van der Waals surface area contributed by atoms with Crippen LogP contribution in [0, 0.1) is 19.7 Å². The molecule has 4 rings (SSSR count). The number of benzene rings is 2. The minimum atomic E-state index is -0.299. The molecule has 0 aliphatic heterocycles. The van der Waals surface area contributed by atoms with Crippen LogP contribution in [0.5, 0.6) is 0 Å². The van der Waals surface area contributed by atoms with Crippen LogP contribution < -0.4 is 5.32 Å². The predicted molar refractivity (Wildman–Crippen MR) is 107 cm³/mol. The van der Waals surface area contributed by atoms with Gasteiger partial charge in [-0.25, -0.2) is 9.07 Å². The molecule has 0 unspecified atom stereocenters. The molecule has 2 aromatic carbocycles. The van der Waals surface area contributed by atoms with Gasteiger partial charge in [-0.3, -0.25) is 4.79 Å². The lowest BCUT2D eigenvalue weighted by molar-refractivity contribution is 0.102. The molecule has 1 amide bonds. The minimum absolute atomic E-state index is 0.222. The lowest BCUT2D eigenvalue weighted by Crippen LogP contribution is -2.13. The quantitative estimate of drug-likeness (QED) is 0.577. The highest BCUT2D eigenvalue weighted by Gasteiger charge is 2.17. The summed E-state index contributed by atoms with van der Waals surface area (Å²) in [6.07, 6.45) is 0. The number of tetrazole rings is 1. The van der Waals surface area contributed by atoms with Crippen LogP contribution in [0.4, 0.5) is 10.1 Å². The molecule has 2 aromatic heterocycles. The van der Waals surface area contributed by atoms with Crippen LogP contribution in [0.2, 0.25) is 0 Å². The molecule has 4 aromatic rings. The van der Waals surface area contributed by atoms with Crippen molar-refractivity contribution in [3.63, 3.8) is 0 Å². The van der Waals surface area contributed by atoms with Crippen molar-refractivity contribution >= 4 is 11.6 Å². The number of nitrogens with one attached hydrogen (secondary N) is 1. The fraction of sp³-hybridized carbons (Fsp3) is 0.143. The molecule has 0 spiro atoms. The van der Waals surface area contributed by atoms with Gasteiger partial charge in [0.1, 0.15) is 5.82 Å². The maximum atomic E-state index is 13.3. The summed E-state index contributed by atoms with van der Waals surface area (Å²) in [6.45, 7) is 3.78. The van der Waals surface area contributed by atoms with Crippen molar-refractivity contribution < 1.29 is 9.18 Å². The van der Waals surface area contributed by atoms with Gasteiger partial charge in [0.05, 0.1) is 5.56 Å². The van der Waals surface area contributed by atoms with Crippen LogP contribution in [-0.2, 0) is 7.05 Å². The Morgan fingerprint density at radius 1 is 1.07 bits per heavy atom. The van der Waals surface area contributed by atoms with Crippen molar-refractivity contribution in [2.24, 2.45) is 7.05 Å². The first-order valence-corrected chi connectivity index (χ1v) is 9.03. The fourth-order valence-corrected chi connectivity index (χ4v) is 3.39. The van der Waals surface area contributed by atoms with Crippen molar-refractivity contribution in [2.45, 2.75) is 13.8 Å². The van der Waals surface area contributed by atoms with Crippen molar-refractivity contribution in [3.8, 4) is 17.1 Å². The fourth-order valence-electron chi connectivity index (χ4n) is 3.39. The van der Waals surface area contributed by atoms with E-state index < -0.39 is 0 Å². The van der Waals surface area contributed by atoms with Gasteiger partial charge in [0.15, 0.2) is 5.82 Å². The topological polar surface area (TPSA) is 77.6 Å². The van der Waals surface area contributed by atoms with Gasteiger partial charge in [-0.2, -0.15) is 0 Å². The van der Waals surface area contributed by atoms with Gasteiger partial charge < -0.3 is 9.88 Å². The van der Waals surface area contributed by atoms with Crippen LogP contribution in [0.25, 0.3) is 17.1 Å². The molecule has 146 valence electrons. The number of anilines is 1. The average Bonchev–Trinajstić information content (AvgIpc) is 3.26. The van der Waals surface area contributed by atoms with E-state index >= 15 is 0 Å². The maximum absolute atomic E-state index is 13.3. The van der Waals surface area contributed by atoms with E-state index in [-0.39, 0.29) is 11.7 Å². The molecular formula is C21H19FN6O. The summed E-state index contributed by atoms with van der Waals surface area (Å²) in [5, 5.41) is 14.4. The molecule has 8 heteroatoms. The van der Waals surface area contributed by atoms with E-state index in [1.165, 1.54) is 12.1 Å². The van der Waals surface area contributed by atoms with Gasteiger partial charge in [0.25, 0.3) is 5.91 Å². The van der Waals surface area contributed by atoms with E-state index in [0.717, 1.165) is 22.6 Å². The average molecular weight is 390 g/mol. The van der Waals surface area contributed by atoms with E-state index in [1.54, 1.807) is 23.9 Å². The van der Waals surface area contributed by atoms with Crippen molar-refractivity contribution in [3.05, 3.63) is 77.4 Å². The maximum Gasteiger partial charge on any atom is 0.257 e. The van der Waals surface area contributed by atoms with Gasteiger partial charge in [-0.05, 0) is 66.7 Å². The highest BCUT2D eigenvalue weighted by atomic mass is 19.1. The van der Waals surface area contributed by atoms with Crippen LogP contribution in [0.15, 0.2) is 54.6 Å². The Bertz CT molecular complexity index is 1190. The number of amides is 1. The van der Waals surface area contributed by atoms with E-state index in [2.05, 4.69) is 20.8 Å². The normalized spacial score (nSPS) is 10.9. The van der Waals surface area contributed by atoms with Crippen LogP contribution in [0.3, 0.4) is 0 Å². The zero-order chi connectivity index (χ0) is 20.5. The molecular weight excluding hydrogens is 371 g/mol. The van der Waals surface area contributed by atoms with Crippen molar-refractivity contribution in [1.82, 2.24) is 24.8 Å². The van der Waals surface area contributed by atoms with E-state index in [4.69, 9.17) is 0 Å². The summed E-state index contributed by atoms with van der Waals surface area (Å²) in [4.78, 5) is 12.9. The molecule has 0 fully saturated rings. The first kappa shape index (κ1) is 18.5. The minimum Gasteiger partial charge on any atom is -0.322 e. The highest BCUT2D eigenvalue weighted by molar-refractivity contribution is 6.05. The smallest absolute Gasteiger partial charge is 0.257 e. The Balaban J connectivity index is 1.62. The number of halogens is 1. The number of carbonyl (C=O) groups excluding carboxylic acids is 1. The molecule has 1 N–H and O–H groups in total. The van der Waals surface area contributed by atoms with Gasteiger partial charge in [0.2, 0.25) is 0 Å². The van der Waals surface area contributed by atoms with Gasteiger partial charge in [-0.15, -0.1) is 5.10 Å². The van der Waals surface area contributed by atoms with Crippen LogP contribution in [-0.4, -0.2) is 30.7 Å². The molecule has 0 saturated carbocycles. The Labute approximate surface area is 166 Å². The lowest BCUT2D eigenvalue weighted by atomic mass is 10.1. The first-order chi connectivity index (χ1) is 13.9. The Morgan fingerprint density at radius 2 is 1.83 bits per heavy atom. The second-order valence-corrected chi connectivity index (χ2v) is 6.76.